The molecule has 0 atom stereocenters. The summed E-state index contributed by atoms with van der Waals surface area (Å²) >= 11 is 0. The number of nitrogen functional groups attached to an aromatic ring is 1. The normalized spacial score (nSPS) is 12.7. The third-order valence-electron chi connectivity index (χ3n) is 2.72. The molecule has 0 radical (unpaired) electrons. The first-order valence-corrected chi connectivity index (χ1v) is 9.36. The van der Waals surface area contributed by atoms with Crippen molar-refractivity contribution in [1.29, 1.82) is 0 Å². The Bertz CT molecular complexity index is 576. The van der Waals surface area contributed by atoms with E-state index in [2.05, 4.69) is 54.6 Å². The van der Waals surface area contributed by atoms with Crippen LogP contribution in [0.4, 0.5) is 5.95 Å². The molecule has 0 amide bonds. The number of nitrogens with two attached hydrogens (primary N) is 1. The van der Waals surface area contributed by atoms with Gasteiger partial charge in [0.25, 0.3) is 0 Å². The molecule has 0 spiro atoms. The van der Waals surface area contributed by atoms with Gasteiger partial charge in [-0.05, 0) is 17.7 Å². The lowest BCUT2D eigenvalue weighted by Crippen LogP contribution is -2.15. The van der Waals surface area contributed by atoms with Crippen molar-refractivity contribution in [3.05, 3.63) is 29.5 Å². The molecule has 90 valence electrons. The van der Waals surface area contributed by atoms with Crippen LogP contribution < -0.4 is 5.73 Å². The van der Waals surface area contributed by atoms with Gasteiger partial charge in [-0.2, -0.15) is 0 Å². The van der Waals surface area contributed by atoms with Crippen molar-refractivity contribution < 1.29 is 0 Å². The Hall–Kier alpha value is -1.55. The van der Waals surface area contributed by atoms with Crippen LogP contribution in [-0.2, 0) is 7.05 Å². The summed E-state index contributed by atoms with van der Waals surface area (Å²) in [6, 6.07) is 6.27. The highest BCUT2D eigenvalue weighted by molar-refractivity contribution is 6.81. The van der Waals surface area contributed by atoms with Crippen molar-refractivity contribution in [1.82, 2.24) is 9.55 Å². The van der Waals surface area contributed by atoms with E-state index in [0.29, 0.717) is 5.95 Å². The van der Waals surface area contributed by atoms with Crippen LogP contribution in [0.2, 0.25) is 19.6 Å². The predicted molar refractivity (Wildman–Crippen MR) is 77.5 cm³/mol. The molecule has 0 saturated carbocycles. The number of aryl methyl sites for hydroxylation is 1. The molecule has 17 heavy (non-hydrogen) atoms. The highest BCUT2D eigenvalue weighted by Gasteiger charge is 2.08. The van der Waals surface area contributed by atoms with Crippen LogP contribution >= 0.6 is 0 Å². The van der Waals surface area contributed by atoms with E-state index in [0.717, 1.165) is 11.0 Å². The molecule has 0 aliphatic carbocycles. The summed E-state index contributed by atoms with van der Waals surface area (Å²) in [5.74, 6) is 0.561. The molecule has 0 saturated heterocycles. The van der Waals surface area contributed by atoms with Gasteiger partial charge in [0.1, 0.15) is 0 Å². The van der Waals surface area contributed by atoms with E-state index >= 15 is 0 Å². The van der Waals surface area contributed by atoms with E-state index in [1.165, 1.54) is 5.56 Å². The number of anilines is 1. The Kier molecular flexibility index (Phi) is 2.83. The average Bonchev–Trinajstić information content (AvgIpc) is 2.51. The summed E-state index contributed by atoms with van der Waals surface area (Å²) < 4.78 is 1.90. The van der Waals surface area contributed by atoms with Crippen molar-refractivity contribution in [2.45, 2.75) is 19.6 Å². The third-order valence-corrected chi connectivity index (χ3v) is 3.88. The SMILES string of the molecule is Cn1c(N)nc2cc(C=C[Si](C)(C)C)ccc21. The van der Waals surface area contributed by atoms with E-state index in [1.54, 1.807) is 0 Å². The lowest BCUT2D eigenvalue weighted by atomic mass is 10.2. The molecule has 0 bridgehead atoms. The van der Waals surface area contributed by atoms with E-state index in [1.807, 2.05) is 11.6 Å². The Morgan fingerprint density at radius 1 is 1.29 bits per heavy atom. The Balaban J connectivity index is 2.42. The molecule has 1 aromatic carbocycles. The second-order valence-corrected chi connectivity index (χ2v) is 10.5. The van der Waals surface area contributed by atoms with E-state index in [-0.39, 0.29) is 0 Å². The monoisotopic (exact) mass is 245 g/mol. The first-order chi connectivity index (χ1) is 7.87. The van der Waals surface area contributed by atoms with Crippen LogP contribution in [0.25, 0.3) is 17.1 Å². The van der Waals surface area contributed by atoms with Crippen molar-refractivity contribution in [2.24, 2.45) is 7.05 Å². The van der Waals surface area contributed by atoms with E-state index < -0.39 is 8.07 Å². The first-order valence-electron chi connectivity index (χ1n) is 5.78. The van der Waals surface area contributed by atoms with Crippen LogP contribution in [-0.4, -0.2) is 17.6 Å². The molecule has 3 nitrogen and oxygen atoms in total. The molecular formula is C13H19N3Si. The molecule has 4 heteroatoms. The zero-order valence-electron chi connectivity index (χ0n) is 10.9. The molecule has 0 unspecified atom stereocenters. The maximum absolute atomic E-state index is 5.79. The molecular weight excluding hydrogens is 226 g/mol. The summed E-state index contributed by atoms with van der Waals surface area (Å²) in [5.41, 5.74) is 11.4. The first kappa shape index (κ1) is 11.9. The minimum Gasteiger partial charge on any atom is -0.369 e. The van der Waals surface area contributed by atoms with Gasteiger partial charge in [-0.25, -0.2) is 4.98 Å². The van der Waals surface area contributed by atoms with Gasteiger partial charge in [0.05, 0.1) is 19.1 Å². The van der Waals surface area contributed by atoms with Crippen molar-refractivity contribution in [2.75, 3.05) is 5.73 Å². The lowest BCUT2D eigenvalue weighted by molar-refractivity contribution is 0.965. The maximum Gasteiger partial charge on any atom is 0.200 e. The molecule has 2 N–H and O–H groups in total. The van der Waals surface area contributed by atoms with Crippen molar-refractivity contribution >= 4 is 31.1 Å². The van der Waals surface area contributed by atoms with E-state index in [9.17, 15) is 0 Å². The number of hydrogen-bond donors (Lipinski definition) is 1. The fraction of sp³-hybridized carbons (Fsp3) is 0.308. The van der Waals surface area contributed by atoms with Crippen LogP contribution in [0, 0.1) is 0 Å². The summed E-state index contributed by atoms with van der Waals surface area (Å²) in [5, 5.41) is 0. The van der Waals surface area contributed by atoms with Gasteiger partial charge >= 0.3 is 0 Å². The standard InChI is InChI=1S/C13H19N3Si/c1-16-12-6-5-10(7-8-17(2,3)4)9-11(12)15-13(16)14/h5-9H,1-4H3,(H2,14,15). The molecule has 1 heterocycles. The smallest absolute Gasteiger partial charge is 0.200 e. The largest absolute Gasteiger partial charge is 0.369 e. The zero-order chi connectivity index (χ0) is 12.6. The Labute approximate surface area is 103 Å². The van der Waals surface area contributed by atoms with Crippen LogP contribution in [0.3, 0.4) is 0 Å². The molecule has 0 aliphatic rings. The lowest BCUT2D eigenvalue weighted by Gasteiger charge is -2.07. The minimum atomic E-state index is -1.14. The third kappa shape index (κ3) is 2.58. The van der Waals surface area contributed by atoms with Gasteiger partial charge in [-0.1, -0.05) is 37.5 Å². The molecule has 0 fully saturated rings. The number of nitrogens with zero attached hydrogens (tertiary/aromatic N) is 2. The van der Waals surface area contributed by atoms with E-state index in [4.69, 9.17) is 5.73 Å². The predicted octanol–water partition coefficient (Wildman–Crippen LogP) is 3.05. The minimum absolute atomic E-state index is 0.561. The van der Waals surface area contributed by atoms with Crippen LogP contribution in [0.15, 0.2) is 23.9 Å². The number of imidazole rings is 1. The van der Waals surface area contributed by atoms with Gasteiger partial charge in [-0.3, -0.25) is 0 Å². The zero-order valence-corrected chi connectivity index (χ0v) is 11.9. The van der Waals surface area contributed by atoms with Gasteiger partial charge in [0, 0.05) is 7.05 Å². The summed E-state index contributed by atoms with van der Waals surface area (Å²) in [6.07, 6.45) is 2.19. The highest BCUT2D eigenvalue weighted by Crippen LogP contribution is 2.19. The summed E-state index contributed by atoms with van der Waals surface area (Å²) in [7, 11) is 0.789. The van der Waals surface area contributed by atoms with Crippen LogP contribution in [0.1, 0.15) is 5.56 Å². The van der Waals surface area contributed by atoms with Crippen LogP contribution in [0.5, 0.6) is 0 Å². The second kappa shape index (κ2) is 4.03. The molecule has 0 aliphatic heterocycles. The van der Waals surface area contributed by atoms with Crippen molar-refractivity contribution in [3.8, 4) is 0 Å². The van der Waals surface area contributed by atoms with Gasteiger partial charge in [-0.15, -0.1) is 0 Å². The highest BCUT2D eigenvalue weighted by atomic mass is 28.3. The number of rotatable bonds is 2. The number of hydrogen-bond acceptors (Lipinski definition) is 2. The summed E-state index contributed by atoms with van der Waals surface area (Å²) in [6.45, 7) is 6.96. The van der Waals surface area contributed by atoms with Crippen molar-refractivity contribution in [3.63, 3.8) is 0 Å². The molecule has 2 rings (SSSR count). The number of aromatic nitrogens is 2. The van der Waals surface area contributed by atoms with Gasteiger partial charge in [0.2, 0.25) is 5.95 Å². The fourth-order valence-corrected chi connectivity index (χ4v) is 2.38. The fourth-order valence-electron chi connectivity index (χ4n) is 1.69. The number of benzene rings is 1. The second-order valence-electron chi connectivity index (χ2n) is 5.48. The van der Waals surface area contributed by atoms with Gasteiger partial charge < -0.3 is 10.3 Å². The average molecular weight is 245 g/mol. The summed E-state index contributed by atoms with van der Waals surface area (Å²) in [4.78, 5) is 4.34. The topological polar surface area (TPSA) is 43.8 Å². The maximum atomic E-state index is 5.79. The molecule has 2 aromatic rings. The Morgan fingerprint density at radius 2 is 2.00 bits per heavy atom. The Morgan fingerprint density at radius 3 is 2.65 bits per heavy atom. The van der Waals surface area contributed by atoms with Gasteiger partial charge in [0.15, 0.2) is 0 Å². The quantitative estimate of drug-likeness (QED) is 0.826. The molecule has 1 aromatic heterocycles. The number of fused-ring (bicyclic) bond motifs is 1.